The number of nitrogens with zero attached hydrogens (tertiary/aromatic N) is 1. The van der Waals surface area contributed by atoms with Gasteiger partial charge in [0.05, 0.1) is 0 Å². The van der Waals surface area contributed by atoms with E-state index in [2.05, 4.69) is 31.0 Å². The first-order chi connectivity index (χ1) is 7.74. The molecule has 3 unspecified atom stereocenters. The number of nitrogens with one attached hydrogen (secondary N) is 1. The molecule has 16 heavy (non-hydrogen) atoms. The number of hydrogen-bond acceptors (Lipinski definition) is 2. The summed E-state index contributed by atoms with van der Waals surface area (Å²) in [5.74, 6) is 1.87. The van der Waals surface area contributed by atoms with Crippen LogP contribution < -0.4 is 5.32 Å². The Labute approximate surface area is 101 Å². The SMILES string of the molecule is CCC1CN(CC2CC2)C(C(C)CC)CN1. The highest BCUT2D eigenvalue weighted by atomic mass is 15.2. The van der Waals surface area contributed by atoms with E-state index in [0.717, 1.165) is 23.9 Å². The summed E-state index contributed by atoms with van der Waals surface area (Å²) < 4.78 is 0. The Kier molecular flexibility index (Phi) is 4.26. The van der Waals surface area contributed by atoms with Crippen LogP contribution in [0.2, 0.25) is 0 Å². The maximum atomic E-state index is 3.72. The minimum atomic E-state index is 0.735. The van der Waals surface area contributed by atoms with Crippen LogP contribution in [0.1, 0.15) is 46.5 Å². The second kappa shape index (κ2) is 5.50. The lowest BCUT2D eigenvalue weighted by Crippen LogP contribution is -2.58. The van der Waals surface area contributed by atoms with Crippen molar-refractivity contribution in [1.29, 1.82) is 0 Å². The Hall–Kier alpha value is -0.0800. The van der Waals surface area contributed by atoms with E-state index in [1.165, 1.54) is 45.3 Å². The summed E-state index contributed by atoms with van der Waals surface area (Å²) in [5, 5.41) is 3.72. The maximum Gasteiger partial charge on any atom is 0.0246 e. The van der Waals surface area contributed by atoms with Crippen LogP contribution in [0.3, 0.4) is 0 Å². The van der Waals surface area contributed by atoms with E-state index < -0.39 is 0 Å². The van der Waals surface area contributed by atoms with Gasteiger partial charge in [0.15, 0.2) is 0 Å². The predicted molar refractivity (Wildman–Crippen MR) is 69.6 cm³/mol. The molecule has 0 spiro atoms. The molecule has 2 rings (SSSR count). The van der Waals surface area contributed by atoms with Crippen LogP contribution in [-0.2, 0) is 0 Å². The van der Waals surface area contributed by atoms with Crippen LogP contribution in [0.5, 0.6) is 0 Å². The molecule has 0 amide bonds. The van der Waals surface area contributed by atoms with Crippen LogP contribution in [0.15, 0.2) is 0 Å². The number of piperazine rings is 1. The van der Waals surface area contributed by atoms with Crippen molar-refractivity contribution in [3.63, 3.8) is 0 Å². The summed E-state index contributed by atoms with van der Waals surface area (Å²) in [6.45, 7) is 10.9. The van der Waals surface area contributed by atoms with E-state index in [4.69, 9.17) is 0 Å². The highest BCUT2D eigenvalue weighted by molar-refractivity contribution is 4.90. The molecule has 0 aromatic rings. The van der Waals surface area contributed by atoms with Crippen molar-refractivity contribution in [2.45, 2.75) is 58.5 Å². The molecule has 2 aliphatic rings. The molecule has 0 aromatic heterocycles. The van der Waals surface area contributed by atoms with E-state index in [1.54, 1.807) is 0 Å². The maximum absolute atomic E-state index is 3.72. The Morgan fingerprint density at radius 1 is 1.31 bits per heavy atom. The predicted octanol–water partition coefficient (Wildman–Crippen LogP) is 2.49. The Balaban J connectivity index is 1.92. The van der Waals surface area contributed by atoms with Crippen molar-refractivity contribution in [2.75, 3.05) is 19.6 Å². The normalized spacial score (nSPS) is 33.9. The van der Waals surface area contributed by atoms with Crippen LogP contribution in [0.4, 0.5) is 0 Å². The molecular weight excluding hydrogens is 196 g/mol. The minimum absolute atomic E-state index is 0.735. The summed E-state index contributed by atoms with van der Waals surface area (Å²) in [6.07, 6.45) is 5.54. The summed E-state index contributed by atoms with van der Waals surface area (Å²) in [6, 6.07) is 1.52. The van der Waals surface area contributed by atoms with Crippen molar-refractivity contribution in [1.82, 2.24) is 10.2 Å². The van der Waals surface area contributed by atoms with Gasteiger partial charge in [0.25, 0.3) is 0 Å². The monoisotopic (exact) mass is 224 g/mol. The van der Waals surface area contributed by atoms with Crippen LogP contribution in [0, 0.1) is 11.8 Å². The van der Waals surface area contributed by atoms with E-state index >= 15 is 0 Å². The molecule has 1 saturated carbocycles. The van der Waals surface area contributed by atoms with Gasteiger partial charge in [-0.1, -0.05) is 27.2 Å². The van der Waals surface area contributed by atoms with Gasteiger partial charge >= 0.3 is 0 Å². The third-order valence-corrected chi connectivity index (χ3v) is 4.52. The van der Waals surface area contributed by atoms with Gasteiger partial charge in [0, 0.05) is 31.7 Å². The molecule has 2 heteroatoms. The molecule has 1 saturated heterocycles. The fraction of sp³-hybridized carbons (Fsp3) is 1.00. The first-order valence-corrected chi connectivity index (χ1v) is 7.22. The average molecular weight is 224 g/mol. The quantitative estimate of drug-likeness (QED) is 0.772. The van der Waals surface area contributed by atoms with Gasteiger partial charge in [-0.25, -0.2) is 0 Å². The summed E-state index contributed by atoms with van der Waals surface area (Å²) in [4.78, 5) is 2.79. The first-order valence-electron chi connectivity index (χ1n) is 7.22. The molecule has 1 aliphatic heterocycles. The lowest BCUT2D eigenvalue weighted by Gasteiger charge is -2.43. The Morgan fingerprint density at radius 3 is 2.62 bits per heavy atom. The van der Waals surface area contributed by atoms with Crippen LogP contribution in [0.25, 0.3) is 0 Å². The van der Waals surface area contributed by atoms with Gasteiger partial charge < -0.3 is 5.32 Å². The number of hydrogen-bond donors (Lipinski definition) is 1. The minimum Gasteiger partial charge on any atom is -0.311 e. The van der Waals surface area contributed by atoms with Gasteiger partial charge in [-0.05, 0) is 31.1 Å². The largest absolute Gasteiger partial charge is 0.311 e. The fourth-order valence-corrected chi connectivity index (χ4v) is 2.85. The molecule has 0 bridgehead atoms. The topological polar surface area (TPSA) is 15.3 Å². The summed E-state index contributed by atoms with van der Waals surface area (Å²) >= 11 is 0. The molecular formula is C14H28N2. The molecule has 94 valence electrons. The molecule has 0 radical (unpaired) electrons. The molecule has 2 nitrogen and oxygen atoms in total. The second-order valence-electron chi connectivity index (χ2n) is 5.86. The molecule has 1 aliphatic carbocycles. The summed E-state index contributed by atoms with van der Waals surface area (Å²) in [7, 11) is 0. The van der Waals surface area contributed by atoms with Gasteiger partial charge in [0.2, 0.25) is 0 Å². The zero-order chi connectivity index (χ0) is 11.5. The highest BCUT2D eigenvalue weighted by Crippen LogP contribution is 2.32. The average Bonchev–Trinajstić information content (AvgIpc) is 3.12. The van der Waals surface area contributed by atoms with Crippen molar-refractivity contribution in [3.8, 4) is 0 Å². The van der Waals surface area contributed by atoms with E-state index in [-0.39, 0.29) is 0 Å². The molecule has 3 atom stereocenters. The second-order valence-corrected chi connectivity index (χ2v) is 5.86. The first kappa shape index (κ1) is 12.4. The zero-order valence-electron chi connectivity index (χ0n) is 11.2. The molecule has 1 N–H and O–H groups in total. The van der Waals surface area contributed by atoms with E-state index in [0.29, 0.717) is 0 Å². The van der Waals surface area contributed by atoms with Crippen LogP contribution in [-0.4, -0.2) is 36.6 Å². The number of rotatable bonds is 5. The summed E-state index contributed by atoms with van der Waals surface area (Å²) in [5.41, 5.74) is 0. The molecule has 2 fully saturated rings. The van der Waals surface area contributed by atoms with Gasteiger partial charge in [-0.15, -0.1) is 0 Å². The van der Waals surface area contributed by atoms with E-state index in [9.17, 15) is 0 Å². The van der Waals surface area contributed by atoms with Crippen molar-refractivity contribution < 1.29 is 0 Å². The zero-order valence-corrected chi connectivity index (χ0v) is 11.2. The third kappa shape index (κ3) is 2.98. The van der Waals surface area contributed by atoms with Gasteiger partial charge in [0.1, 0.15) is 0 Å². The van der Waals surface area contributed by atoms with Crippen molar-refractivity contribution in [3.05, 3.63) is 0 Å². The van der Waals surface area contributed by atoms with Crippen molar-refractivity contribution >= 4 is 0 Å². The highest BCUT2D eigenvalue weighted by Gasteiger charge is 2.33. The fourth-order valence-electron chi connectivity index (χ4n) is 2.85. The smallest absolute Gasteiger partial charge is 0.0246 e. The van der Waals surface area contributed by atoms with Crippen molar-refractivity contribution in [2.24, 2.45) is 11.8 Å². The lowest BCUT2D eigenvalue weighted by molar-refractivity contribution is 0.0857. The Bertz CT molecular complexity index is 213. The Morgan fingerprint density at radius 2 is 2.06 bits per heavy atom. The third-order valence-electron chi connectivity index (χ3n) is 4.52. The van der Waals surface area contributed by atoms with Gasteiger partial charge in [-0.2, -0.15) is 0 Å². The van der Waals surface area contributed by atoms with Crippen LogP contribution >= 0.6 is 0 Å². The lowest BCUT2D eigenvalue weighted by atomic mass is 9.94. The van der Waals surface area contributed by atoms with E-state index in [1.807, 2.05) is 0 Å². The molecule has 1 heterocycles. The standard InChI is InChI=1S/C14H28N2/c1-4-11(3)14-8-15-13(5-2)10-16(14)9-12-6-7-12/h11-15H,4-10H2,1-3H3. The molecule has 0 aromatic carbocycles. The van der Waals surface area contributed by atoms with Gasteiger partial charge in [-0.3, -0.25) is 4.90 Å².